The predicted molar refractivity (Wildman–Crippen MR) is 104 cm³/mol. The lowest BCUT2D eigenvalue weighted by molar-refractivity contribution is 0.0495. The first-order chi connectivity index (χ1) is 13.1. The van der Waals surface area contributed by atoms with Crippen molar-refractivity contribution in [2.75, 3.05) is 20.2 Å². The lowest BCUT2D eigenvalue weighted by Crippen LogP contribution is -2.47. The fourth-order valence-electron chi connectivity index (χ4n) is 4.80. The molecule has 5 heteroatoms. The van der Waals surface area contributed by atoms with E-state index in [1.54, 1.807) is 26.3 Å². The van der Waals surface area contributed by atoms with E-state index >= 15 is 0 Å². The molecule has 1 unspecified atom stereocenters. The van der Waals surface area contributed by atoms with Crippen molar-refractivity contribution in [3.63, 3.8) is 0 Å². The van der Waals surface area contributed by atoms with Crippen LogP contribution in [-0.2, 0) is 17.2 Å². The minimum Gasteiger partial charge on any atom is -0.377 e. The Labute approximate surface area is 159 Å². The number of pyridine rings is 1. The van der Waals surface area contributed by atoms with Crippen molar-refractivity contribution in [3.05, 3.63) is 69.6 Å². The van der Waals surface area contributed by atoms with Crippen LogP contribution >= 0.6 is 0 Å². The van der Waals surface area contributed by atoms with E-state index < -0.39 is 0 Å². The molecule has 1 spiro atoms. The van der Waals surface area contributed by atoms with Gasteiger partial charge in [-0.05, 0) is 48.3 Å². The molecule has 1 aliphatic carbocycles. The molecule has 2 aromatic rings. The van der Waals surface area contributed by atoms with Gasteiger partial charge in [0.05, 0.1) is 6.10 Å². The number of fused-ring (bicyclic) bond motifs is 2. The second-order valence-corrected chi connectivity index (χ2v) is 7.73. The van der Waals surface area contributed by atoms with Crippen molar-refractivity contribution in [3.8, 4) is 0 Å². The van der Waals surface area contributed by atoms with Crippen molar-refractivity contribution in [1.29, 1.82) is 0 Å². The highest BCUT2D eigenvalue weighted by Crippen LogP contribution is 2.48. The minimum atomic E-state index is -0.152. The van der Waals surface area contributed by atoms with Crippen LogP contribution in [0.1, 0.15) is 53.4 Å². The summed E-state index contributed by atoms with van der Waals surface area (Å²) < 4.78 is 7.13. The highest BCUT2D eigenvalue weighted by atomic mass is 16.5. The summed E-state index contributed by atoms with van der Waals surface area (Å²) in [6.45, 7) is 1.43. The maximum absolute atomic E-state index is 12.9. The standard InChI is InChI=1S/C22H26N2O3/c1-23-18(8-5-9-20(23)25)21(26)24-14-12-22(13-15-24)11-10-19(27-2)16-6-3-4-7-17(16)22/h3-9,19H,10-15H2,1-2H3. The van der Waals surface area contributed by atoms with Crippen LogP contribution in [0.2, 0.25) is 0 Å². The second kappa shape index (κ2) is 6.97. The minimum absolute atomic E-state index is 0.0519. The molecule has 1 atom stereocenters. The molecular weight excluding hydrogens is 340 g/mol. The predicted octanol–water partition coefficient (Wildman–Crippen LogP) is 3.04. The van der Waals surface area contributed by atoms with E-state index in [0.29, 0.717) is 18.8 Å². The molecule has 1 fully saturated rings. The molecule has 0 bridgehead atoms. The molecule has 0 N–H and O–H groups in total. The van der Waals surface area contributed by atoms with Gasteiger partial charge in [-0.25, -0.2) is 0 Å². The Morgan fingerprint density at radius 3 is 2.56 bits per heavy atom. The average molecular weight is 366 g/mol. The van der Waals surface area contributed by atoms with Crippen LogP contribution in [0, 0.1) is 0 Å². The van der Waals surface area contributed by atoms with E-state index in [1.807, 2.05) is 4.90 Å². The number of rotatable bonds is 2. The lowest BCUT2D eigenvalue weighted by Gasteiger charge is -2.47. The van der Waals surface area contributed by atoms with E-state index in [4.69, 9.17) is 4.74 Å². The molecular formula is C22H26N2O3. The van der Waals surface area contributed by atoms with Crippen LogP contribution in [0.5, 0.6) is 0 Å². The molecule has 1 aromatic carbocycles. The Hall–Kier alpha value is -2.40. The Balaban J connectivity index is 1.56. The largest absolute Gasteiger partial charge is 0.377 e. The second-order valence-electron chi connectivity index (χ2n) is 7.73. The van der Waals surface area contributed by atoms with Gasteiger partial charge in [0.15, 0.2) is 0 Å². The van der Waals surface area contributed by atoms with Gasteiger partial charge < -0.3 is 14.2 Å². The number of benzene rings is 1. The Bertz CT molecular complexity index is 910. The molecule has 1 aromatic heterocycles. The summed E-state index contributed by atoms with van der Waals surface area (Å²) in [5.74, 6) is -0.0519. The number of ether oxygens (including phenoxy) is 1. The van der Waals surface area contributed by atoms with Crippen molar-refractivity contribution in [2.24, 2.45) is 7.05 Å². The summed E-state index contributed by atoms with van der Waals surface area (Å²) in [6.07, 6.45) is 4.19. The molecule has 0 radical (unpaired) electrons. The van der Waals surface area contributed by atoms with Gasteiger partial charge >= 0.3 is 0 Å². The van der Waals surface area contributed by atoms with Crippen LogP contribution < -0.4 is 5.56 Å². The maximum Gasteiger partial charge on any atom is 0.270 e. The zero-order chi connectivity index (χ0) is 19.0. The fraction of sp³-hybridized carbons (Fsp3) is 0.455. The van der Waals surface area contributed by atoms with Gasteiger partial charge in [-0.3, -0.25) is 9.59 Å². The zero-order valence-corrected chi connectivity index (χ0v) is 16.0. The Morgan fingerprint density at radius 2 is 1.81 bits per heavy atom. The summed E-state index contributed by atoms with van der Waals surface area (Å²) in [5, 5.41) is 0. The number of piperidine rings is 1. The fourth-order valence-corrected chi connectivity index (χ4v) is 4.80. The number of carbonyl (C=O) groups is 1. The van der Waals surface area contributed by atoms with E-state index in [0.717, 1.165) is 25.7 Å². The number of nitrogens with zero attached hydrogens (tertiary/aromatic N) is 2. The Kier molecular flexibility index (Phi) is 4.64. The lowest BCUT2D eigenvalue weighted by atomic mass is 9.64. The third-order valence-corrected chi connectivity index (χ3v) is 6.46. The highest BCUT2D eigenvalue weighted by molar-refractivity contribution is 5.92. The number of hydrogen-bond acceptors (Lipinski definition) is 3. The van der Waals surface area contributed by atoms with Crippen molar-refractivity contribution < 1.29 is 9.53 Å². The first kappa shape index (κ1) is 18.0. The van der Waals surface area contributed by atoms with Gasteiger partial charge in [-0.2, -0.15) is 0 Å². The van der Waals surface area contributed by atoms with Gasteiger partial charge in [0, 0.05) is 33.3 Å². The van der Waals surface area contributed by atoms with Gasteiger partial charge in [-0.15, -0.1) is 0 Å². The molecule has 1 amide bonds. The van der Waals surface area contributed by atoms with Crippen LogP contribution in [0.15, 0.2) is 47.3 Å². The first-order valence-corrected chi connectivity index (χ1v) is 9.63. The topological polar surface area (TPSA) is 51.5 Å². The Morgan fingerprint density at radius 1 is 1.07 bits per heavy atom. The van der Waals surface area contributed by atoms with Crippen molar-refractivity contribution in [1.82, 2.24) is 9.47 Å². The van der Waals surface area contributed by atoms with Gasteiger partial charge in [0.1, 0.15) is 5.69 Å². The summed E-state index contributed by atoms with van der Waals surface area (Å²) >= 11 is 0. The van der Waals surface area contributed by atoms with Crippen molar-refractivity contribution in [2.45, 2.75) is 37.2 Å². The zero-order valence-electron chi connectivity index (χ0n) is 16.0. The summed E-state index contributed by atoms with van der Waals surface area (Å²) in [4.78, 5) is 26.7. The number of amides is 1. The van der Waals surface area contributed by atoms with Gasteiger partial charge in [-0.1, -0.05) is 30.3 Å². The van der Waals surface area contributed by atoms with Gasteiger partial charge in [0.2, 0.25) is 0 Å². The van der Waals surface area contributed by atoms with E-state index in [1.165, 1.54) is 21.8 Å². The summed E-state index contributed by atoms with van der Waals surface area (Å²) in [5.41, 5.74) is 3.13. The van der Waals surface area contributed by atoms with E-state index in [-0.39, 0.29) is 23.0 Å². The summed E-state index contributed by atoms with van der Waals surface area (Å²) in [7, 11) is 3.44. The highest BCUT2D eigenvalue weighted by Gasteiger charge is 2.42. The maximum atomic E-state index is 12.9. The molecule has 5 nitrogen and oxygen atoms in total. The van der Waals surface area contributed by atoms with Crippen LogP contribution in [0.3, 0.4) is 0 Å². The quantitative estimate of drug-likeness (QED) is 0.821. The molecule has 2 aliphatic rings. The number of aromatic nitrogens is 1. The van der Waals surface area contributed by atoms with Crippen molar-refractivity contribution >= 4 is 5.91 Å². The normalized spacial score (nSPS) is 21.1. The first-order valence-electron chi connectivity index (χ1n) is 9.63. The number of likely N-dealkylation sites (tertiary alicyclic amines) is 1. The monoisotopic (exact) mass is 366 g/mol. The molecule has 2 heterocycles. The van der Waals surface area contributed by atoms with E-state index in [2.05, 4.69) is 24.3 Å². The van der Waals surface area contributed by atoms with Crippen LogP contribution in [-0.4, -0.2) is 35.6 Å². The molecule has 27 heavy (non-hydrogen) atoms. The SMILES string of the molecule is COC1CCC2(CCN(C(=O)c3cccc(=O)n3C)CC2)c2ccccc21. The van der Waals surface area contributed by atoms with Crippen LogP contribution in [0.4, 0.5) is 0 Å². The molecule has 1 saturated heterocycles. The molecule has 142 valence electrons. The smallest absolute Gasteiger partial charge is 0.270 e. The van der Waals surface area contributed by atoms with Gasteiger partial charge in [0.25, 0.3) is 11.5 Å². The van der Waals surface area contributed by atoms with Crippen LogP contribution in [0.25, 0.3) is 0 Å². The van der Waals surface area contributed by atoms with E-state index in [9.17, 15) is 9.59 Å². The number of hydrogen-bond donors (Lipinski definition) is 0. The molecule has 0 saturated carbocycles. The third-order valence-electron chi connectivity index (χ3n) is 6.46. The number of methoxy groups -OCH3 is 1. The number of carbonyl (C=O) groups excluding carboxylic acids is 1. The average Bonchev–Trinajstić information content (AvgIpc) is 2.71. The molecule has 1 aliphatic heterocycles. The summed E-state index contributed by atoms with van der Waals surface area (Å²) in [6, 6.07) is 13.5. The third kappa shape index (κ3) is 3.00. The molecule has 4 rings (SSSR count).